The van der Waals surface area contributed by atoms with Crippen molar-refractivity contribution in [3.05, 3.63) is 119 Å². The van der Waals surface area contributed by atoms with Gasteiger partial charge in [-0.05, 0) is 47.7 Å². The number of thiophene rings is 1. The van der Waals surface area contributed by atoms with Gasteiger partial charge in [-0.1, -0.05) is 59.9 Å². The number of thiazole rings is 1. The largest absolute Gasteiger partial charge is 0.457 e. The van der Waals surface area contributed by atoms with Gasteiger partial charge in [0.2, 0.25) is 0 Å². The fourth-order valence-corrected chi connectivity index (χ4v) is 5.99. The van der Waals surface area contributed by atoms with Crippen LogP contribution in [0.4, 0.5) is 5.69 Å². The molecule has 0 saturated heterocycles. The lowest BCUT2D eigenvalue weighted by molar-refractivity contribution is -0.140. The van der Waals surface area contributed by atoms with Crippen molar-refractivity contribution in [1.29, 1.82) is 0 Å². The molecule has 0 spiro atoms. The summed E-state index contributed by atoms with van der Waals surface area (Å²) in [7, 11) is 3.98. The van der Waals surface area contributed by atoms with E-state index in [2.05, 4.69) is 4.99 Å². The van der Waals surface area contributed by atoms with E-state index in [1.165, 1.54) is 22.7 Å². The van der Waals surface area contributed by atoms with Gasteiger partial charge in [-0.3, -0.25) is 9.36 Å². The lowest BCUT2D eigenvalue weighted by Crippen LogP contribution is -2.39. The highest BCUT2D eigenvalue weighted by atomic mass is 32.1. The molecule has 182 valence electrons. The molecule has 0 bridgehead atoms. The van der Waals surface area contributed by atoms with E-state index < -0.39 is 12.0 Å². The summed E-state index contributed by atoms with van der Waals surface area (Å²) in [6, 6.07) is 20.8. The predicted octanol–water partition coefficient (Wildman–Crippen LogP) is 4.11. The molecule has 36 heavy (non-hydrogen) atoms. The van der Waals surface area contributed by atoms with Crippen molar-refractivity contribution in [1.82, 2.24) is 4.57 Å². The van der Waals surface area contributed by atoms with Gasteiger partial charge in [0.25, 0.3) is 5.56 Å². The minimum atomic E-state index is -0.581. The second kappa shape index (κ2) is 10.1. The summed E-state index contributed by atoms with van der Waals surface area (Å²) in [5.74, 6) is -0.466. The molecule has 2 aromatic heterocycles. The van der Waals surface area contributed by atoms with Crippen LogP contribution in [0.15, 0.2) is 93.2 Å². The number of carbonyl (C=O) groups is 1. The fraction of sp³-hybridized carbons (Fsp3) is 0.179. The molecule has 0 aliphatic carbocycles. The number of ether oxygens (including phenoxy) is 1. The minimum Gasteiger partial charge on any atom is -0.457 e. The highest BCUT2D eigenvalue weighted by Gasteiger charge is 2.34. The number of carbonyl (C=O) groups excluding carboxylic acids is 1. The van der Waals surface area contributed by atoms with E-state index in [0.29, 0.717) is 20.6 Å². The first-order chi connectivity index (χ1) is 17.4. The third-order valence-electron chi connectivity index (χ3n) is 5.97. The Bertz CT molecular complexity index is 1600. The van der Waals surface area contributed by atoms with Crippen molar-refractivity contribution < 1.29 is 9.53 Å². The number of nitrogens with zero attached hydrogens (tertiary/aromatic N) is 3. The number of rotatable bonds is 6. The monoisotopic (exact) mass is 515 g/mol. The van der Waals surface area contributed by atoms with E-state index in [1.807, 2.05) is 97.2 Å². The van der Waals surface area contributed by atoms with Crippen LogP contribution >= 0.6 is 22.7 Å². The zero-order valence-corrected chi connectivity index (χ0v) is 21.8. The minimum absolute atomic E-state index is 0.154. The topological polar surface area (TPSA) is 63.9 Å². The van der Waals surface area contributed by atoms with Crippen molar-refractivity contribution in [2.45, 2.75) is 19.6 Å². The smallest absolute Gasteiger partial charge is 0.338 e. The van der Waals surface area contributed by atoms with Crippen molar-refractivity contribution >= 4 is 40.4 Å². The summed E-state index contributed by atoms with van der Waals surface area (Å²) in [6.45, 7) is 1.96. The van der Waals surface area contributed by atoms with Crippen LogP contribution in [0.1, 0.15) is 29.0 Å². The maximum absolute atomic E-state index is 13.7. The molecule has 8 heteroatoms. The molecule has 1 aliphatic rings. The van der Waals surface area contributed by atoms with Gasteiger partial charge < -0.3 is 9.64 Å². The van der Waals surface area contributed by atoms with Gasteiger partial charge >= 0.3 is 5.97 Å². The van der Waals surface area contributed by atoms with E-state index in [-0.39, 0.29) is 12.2 Å². The molecule has 1 atom stereocenters. The van der Waals surface area contributed by atoms with Gasteiger partial charge in [0, 0.05) is 24.7 Å². The second-order valence-corrected chi connectivity index (χ2v) is 10.6. The van der Waals surface area contributed by atoms with Crippen LogP contribution in [0.5, 0.6) is 0 Å². The van der Waals surface area contributed by atoms with Gasteiger partial charge in [0.15, 0.2) is 4.80 Å². The van der Waals surface area contributed by atoms with E-state index in [9.17, 15) is 9.59 Å². The quantitative estimate of drug-likeness (QED) is 0.363. The van der Waals surface area contributed by atoms with E-state index in [1.54, 1.807) is 11.5 Å². The van der Waals surface area contributed by atoms with Gasteiger partial charge in [-0.2, -0.15) is 0 Å². The second-order valence-electron chi connectivity index (χ2n) is 8.64. The lowest BCUT2D eigenvalue weighted by Gasteiger charge is -2.23. The zero-order valence-electron chi connectivity index (χ0n) is 20.2. The van der Waals surface area contributed by atoms with Gasteiger partial charge in [-0.15, -0.1) is 11.3 Å². The normalized spacial score (nSPS) is 15.4. The van der Waals surface area contributed by atoms with E-state index >= 15 is 0 Å². The molecule has 0 fully saturated rings. The number of hydrogen-bond acceptors (Lipinski definition) is 7. The molecule has 1 aliphatic heterocycles. The molecule has 3 heterocycles. The van der Waals surface area contributed by atoms with Gasteiger partial charge in [0.05, 0.1) is 15.8 Å². The lowest BCUT2D eigenvalue weighted by atomic mass is 10.0. The maximum atomic E-state index is 13.7. The molecule has 1 unspecified atom stereocenters. The number of fused-ring (bicyclic) bond motifs is 1. The van der Waals surface area contributed by atoms with E-state index in [4.69, 9.17) is 4.74 Å². The Morgan fingerprint density at radius 3 is 2.50 bits per heavy atom. The molecule has 0 saturated carbocycles. The Morgan fingerprint density at radius 2 is 1.83 bits per heavy atom. The Kier molecular flexibility index (Phi) is 6.71. The van der Waals surface area contributed by atoms with Crippen LogP contribution in [-0.2, 0) is 16.1 Å². The Morgan fingerprint density at radius 1 is 1.08 bits per heavy atom. The van der Waals surface area contributed by atoms with Crippen LogP contribution < -0.4 is 19.8 Å². The maximum Gasteiger partial charge on any atom is 0.338 e. The van der Waals surface area contributed by atoms with E-state index in [0.717, 1.165) is 21.7 Å². The van der Waals surface area contributed by atoms with Gasteiger partial charge in [0.1, 0.15) is 12.6 Å². The summed E-state index contributed by atoms with van der Waals surface area (Å²) in [4.78, 5) is 35.1. The molecule has 0 radical (unpaired) electrons. The number of allylic oxidation sites excluding steroid dienone is 1. The van der Waals surface area contributed by atoms with Crippen molar-refractivity contribution in [3.63, 3.8) is 0 Å². The third-order valence-corrected chi connectivity index (χ3v) is 7.88. The molecular weight excluding hydrogens is 490 g/mol. The predicted molar refractivity (Wildman–Crippen MR) is 145 cm³/mol. The highest BCUT2D eigenvalue weighted by Crippen LogP contribution is 2.33. The molecule has 4 aromatic rings. The molecule has 5 rings (SSSR count). The van der Waals surface area contributed by atoms with Crippen LogP contribution in [0, 0.1) is 0 Å². The van der Waals surface area contributed by atoms with Crippen LogP contribution in [0.3, 0.4) is 0 Å². The Hall–Kier alpha value is -3.75. The number of anilines is 1. The van der Waals surface area contributed by atoms with Crippen LogP contribution in [-0.4, -0.2) is 24.6 Å². The fourth-order valence-electron chi connectivity index (χ4n) is 4.12. The first-order valence-corrected chi connectivity index (χ1v) is 13.2. The number of aromatic nitrogens is 1. The summed E-state index contributed by atoms with van der Waals surface area (Å²) in [5, 5.41) is 1.94. The molecule has 0 N–H and O–H groups in total. The summed E-state index contributed by atoms with van der Waals surface area (Å²) in [5.41, 5.74) is 3.69. The highest BCUT2D eigenvalue weighted by molar-refractivity contribution is 7.10. The Labute approximate surface area is 216 Å². The first kappa shape index (κ1) is 24.0. The van der Waals surface area contributed by atoms with Crippen molar-refractivity contribution in [3.8, 4) is 0 Å². The summed E-state index contributed by atoms with van der Waals surface area (Å²) in [6.07, 6.45) is 1.88. The van der Waals surface area contributed by atoms with Crippen molar-refractivity contribution in [2.75, 3.05) is 19.0 Å². The number of hydrogen-bond donors (Lipinski definition) is 0. The molecule has 2 aromatic carbocycles. The molecule has 6 nitrogen and oxygen atoms in total. The zero-order chi connectivity index (χ0) is 25.2. The summed E-state index contributed by atoms with van der Waals surface area (Å²) < 4.78 is 7.87. The van der Waals surface area contributed by atoms with Crippen LogP contribution in [0.25, 0.3) is 6.08 Å². The number of benzene rings is 2. The molecular formula is C28H25N3O3S2. The molecule has 0 amide bonds. The van der Waals surface area contributed by atoms with Gasteiger partial charge in [-0.25, -0.2) is 9.79 Å². The third kappa shape index (κ3) is 4.69. The van der Waals surface area contributed by atoms with Crippen molar-refractivity contribution in [2.24, 2.45) is 4.99 Å². The SMILES string of the molecule is CC1=C(C(=O)OCc2ccccc2)C(c2cccs2)n2c(sc(=Cc3ccc(N(C)C)cc3)c2=O)=N1. The Balaban J connectivity index is 1.55. The first-order valence-electron chi connectivity index (χ1n) is 11.5. The average molecular weight is 516 g/mol. The summed E-state index contributed by atoms with van der Waals surface area (Å²) >= 11 is 2.84. The average Bonchev–Trinajstić information content (AvgIpc) is 3.51. The van der Waals surface area contributed by atoms with Crippen LogP contribution in [0.2, 0.25) is 0 Å². The standard InChI is InChI=1S/C28H25N3O3S2/c1-18-24(27(33)34-17-20-8-5-4-6-9-20)25(22-10-7-15-35-22)31-26(32)23(36-28(31)29-18)16-19-11-13-21(14-12-19)30(2)3/h4-16,25H,17H2,1-3H3. The number of esters is 1.